The van der Waals surface area contributed by atoms with Gasteiger partial charge in [-0.05, 0) is 61.3 Å². The summed E-state index contributed by atoms with van der Waals surface area (Å²) < 4.78 is 0. The molecule has 5 rings (SSSR count). The largest absolute Gasteiger partial charge is 0.393 e. The molecule has 26 heavy (non-hydrogen) atoms. The van der Waals surface area contributed by atoms with E-state index in [2.05, 4.69) is 18.7 Å². The summed E-state index contributed by atoms with van der Waals surface area (Å²) in [6, 6.07) is 0.304. The molecule has 0 aromatic heterocycles. The number of fused-ring (bicyclic) bond motifs is 2. The minimum absolute atomic E-state index is 0.0269. The number of hydrogen-bond acceptors (Lipinski definition) is 6. The number of piperidine rings is 1. The van der Waals surface area contributed by atoms with Gasteiger partial charge < -0.3 is 25.5 Å². The highest BCUT2D eigenvalue weighted by Gasteiger charge is 2.79. The van der Waals surface area contributed by atoms with Crippen LogP contribution in [0.4, 0.5) is 0 Å². The third kappa shape index (κ3) is 1.71. The molecule has 1 spiro atoms. The quantitative estimate of drug-likeness (QED) is 0.454. The van der Waals surface area contributed by atoms with Crippen LogP contribution >= 0.6 is 0 Å². The third-order valence-electron chi connectivity index (χ3n) is 9.58. The van der Waals surface area contributed by atoms with Gasteiger partial charge in [-0.3, -0.25) is 4.90 Å². The van der Waals surface area contributed by atoms with E-state index in [9.17, 15) is 25.5 Å². The van der Waals surface area contributed by atoms with Crippen LogP contribution in [-0.4, -0.2) is 80.1 Å². The predicted octanol–water partition coefficient (Wildman–Crippen LogP) is -0.431. The fourth-order valence-corrected chi connectivity index (χ4v) is 8.80. The van der Waals surface area contributed by atoms with Gasteiger partial charge in [-0.15, -0.1) is 0 Å². The van der Waals surface area contributed by atoms with Gasteiger partial charge in [0, 0.05) is 18.0 Å². The molecule has 6 nitrogen and oxygen atoms in total. The zero-order chi connectivity index (χ0) is 18.6. The molecule has 0 amide bonds. The van der Waals surface area contributed by atoms with Crippen LogP contribution in [0.2, 0.25) is 0 Å². The zero-order valence-corrected chi connectivity index (χ0v) is 15.8. The van der Waals surface area contributed by atoms with Gasteiger partial charge in [0.1, 0.15) is 5.60 Å². The van der Waals surface area contributed by atoms with Crippen molar-refractivity contribution < 1.29 is 25.5 Å². The van der Waals surface area contributed by atoms with Gasteiger partial charge in [-0.25, -0.2) is 0 Å². The second kappa shape index (κ2) is 5.22. The number of aliphatic hydroxyl groups is 5. The maximum atomic E-state index is 11.0. The van der Waals surface area contributed by atoms with Crippen LogP contribution < -0.4 is 0 Å². The summed E-state index contributed by atoms with van der Waals surface area (Å²) in [5, 5.41) is 53.1. The molecule has 4 saturated carbocycles. The Morgan fingerprint density at radius 3 is 2.54 bits per heavy atom. The summed E-state index contributed by atoms with van der Waals surface area (Å²) in [6.07, 6.45) is 0.393. The van der Waals surface area contributed by atoms with Crippen molar-refractivity contribution in [2.45, 2.75) is 69.5 Å². The molecule has 0 aromatic carbocycles. The Morgan fingerprint density at radius 2 is 1.88 bits per heavy atom. The predicted molar refractivity (Wildman–Crippen MR) is 94.1 cm³/mol. The molecular weight excluding hydrogens is 334 g/mol. The molecule has 5 N–H and O–H groups in total. The monoisotopic (exact) mass is 367 g/mol. The number of nitrogens with zero attached hydrogens (tertiary/aromatic N) is 1. The fraction of sp³-hybridized carbons (Fsp3) is 1.00. The molecule has 1 aliphatic heterocycles. The van der Waals surface area contributed by atoms with Crippen molar-refractivity contribution in [3.8, 4) is 0 Å². The van der Waals surface area contributed by atoms with Gasteiger partial charge in [0.05, 0.1) is 24.9 Å². The van der Waals surface area contributed by atoms with Crippen molar-refractivity contribution in [1.82, 2.24) is 4.90 Å². The Kier molecular flexibility index (Phi) is 3.58. The molecule has 11 unspecified atom stereocenters. The topological polar surface area (TPSA) is 104 Å². The molecular formula is C20H33NO5. The van der Waals surface area contributed by atoms with Gasteiger partial charge in [-0.2, -0.15) is 0 Å². The van der Waals surface area contributed by atoms with E-state index < -0.39 is 30.5 Å². The van der Waals surface area contributed by atoms with E-state index in [1.165, 1.54) is 0 Å². The van der Waals surface area contributed by atoms with E-state index in [4.69, 9.17) is 0 Å². The summed E-state index contributed by atoms with van der Waals surface area (Å²) in [7, 11) is 0. The highest BCUT2D eigenvalue weighted by molar-refractivity contribution is 5.29. The van der Waals surface area contributed by atoms with Crippen LogP contribution in [0.5, 0.6) is 0 Å². The maximum Gasteiger partial charge on any atom is 0.114 e. The minimum atomic E-state index is -1.40. The first-order chi connectivity index (χ1) is 12.2. The lowest BCUT2D eigenvalue weighted by atomic mass is 9.45. The molecule has 0 aromatic rings. The SMILES string of the molecule is CCN1CC2(C)C(O)C(O)CC34C5CCC(O)(CO)C(O)C5C(CC23)C14. The lowest BCUT2D eigenvalue weighted by Crippen LogP contribution is -2.70. The number of aliphatic hydroxyl groups excluding tert-OH is 4. The Bertz CT molecular complexity index is 617. The van der Waals surface area contributed by atoms with Crippen LogP contribution in [0, 0.1) is 34.5 Å². The van der Waals surface area contributed by atoms with Crippen LogP contribution in [0.15, 0.2) is 0 Å². The fourth-order valence-electron chi connectivity index (χ4n) is 8.80. The van der Waals surface area contributed by atoms with Crippen molar-refractivity contribution in [1.29, 1.82) is 0 Å². The minimum Gasteiger partial charge on any atom is -0.393 e. The first-order valence-corrected chi connectivity index (χ1v) is 10.4. The first-order valence-electron chi connectivity index (χ1n) is 10.4. The van der Waals surface area contributed by atoms with Gasteiger partial charge in [0.2, 0.25) is 0 Å². The van der Waals surface area contributed by atoms with E-state index in [1.807, 2.05) is 0 Å². The van der Waals surface area contributed by atoms with Crippen molar-refractivity contribution in [2.75, 3.05) is 19.7 Å². The Morgan fingerprint density at radius 1 is 1.15 bits per heavy atom. The van der Waals surface area contributed by atoms with Gasteiger partial charge in [0.25, 0.3) is 0 Å². The van der Waals surface area contributed by atoms with Crippen LogP contribution in [0.1, 0.15) is 39.5 Å². The summed E-state index contributed by atoms with van der Waals surface area (Å²) in [4.78, 5) is 2.48. The molecule has 5 aliphatic rings. The van der Waals surface area contributed by atoms with Gasteiger partial charge in [-0.1, -0.05) is 13.8 Å². The highest BCUT2D eigenvalue weighted by Crippen LogP contribution is 2.77. The van der Waals surface area contributed by atoms with E-state index in [1.54, 1.807) is 0 Å². The first kappa shape index (κ1) is 17.8. The van der Waals surface area contributed by atoms with E-state index in [0.717, 1.165) is 25.9 Å². The Hall–Kier alpha value is -0.240. The number of rotatable bonds is 2. The molecule has 11 atom stereocenters. The molecule has 5 fully saturated rings. The number of hydrogen-bond donors (Lipinski definition) is 5. The second-order valence-electron chi connectivity index (χ2n) is 10.2. The van der Waals surface area contributed by atoms with Crippen molar-refractivity contribution in [2.24, 2.45) is 34.5 Å². The van der Waals surface area contributed by atoms with Crippen LogP contribution in [0.3, 0.4) is 0 Å². The third-order valence-corrected chi connectivity index (χ3v) is 9.58. The Labute approximate surface area is 154 Å². The van der Waals surface area contributed by atoms with Crippen molar-refractivity contribution in [3.05, 3.63) is 0 Å². The molecule has 1 saturated heterocycles. The highest BCUT2D eigenvalue weighted by atomic mass is 16.4. The lowest BCUT2D eigenvalue weighted by Gasteiger charge is -2.65. The van der Waals surface area contributed by atoms with Crippen molar-refractivity contribution in [3.63, 3.8) is 0 Å². The lowest BCUT2D eigenvalue weighted by molar-refractivity contribution is -0.242. The van der Waals surface area contributed by atoms with E-state index in [0.29, 0.717) is 24.8 Å². The Balaban J connectivity index is 1.64. The number of likely N-dealkylation sites (tertiary alicyclic amines) is 1. The second-order valence-corrected chi connectivity index (χ2v) is 10.2. The zero-order valence-electron chi connectivity index (χ0n) is 15.8. The standard InChI is InChI=1S/C20H33NO5/c1-3-21-8-18(2)13-6-10-14-11(4-5-19(26,9-22)17(14)25)20(13,15(10)21)7-12(23)16(18)24/h10-17,22-26H,3-9H2,1-2H3. The average molecular weight is 367 g/mol. The smallest absolute Gasteiger partial charge is 0.114 e. The molecule has 0 radical (unpaired) electrons. The normalized spacial score (nSPS) is 63.8. The van der Waals surface area contributed by atoms with E-state index >= 15 is 0 Å². The van der Waals surface area contributed by atoms with Crippen LogP contribution in [-0.2, 0) is 0 Å². The summed E-state index contributed by atoms with van der Waals surface area (Å²) in [5.74, 6) is 0.840. The van der Waals surface area contributed by atoms with E-state index in [-0.39, 0.29) is 28.6 Å². The van der Waals surface area contributed by atoms with Crippen LogP contribution in [0.25, 0.3) is 0 Å². The molecule has 148 valence electrons. The van der Waals surface area contributed by atoms with Gasteiger partial charge >= 0.3 is 0 Å². The summed E-state index contributed by atoms with van der Waals surface area (Å²) >= 11 is 0. The molecule has 6 heteroatoms. The average Bonchev–Trinajstić information content (AvgIpc) is 3.04. The molecule has 5 bridgehead atoms. The van der Waals surface area contributed by atoms with Crippen molar-refractivity contribution >= 4 is 0 Å². The molecule has 1 heterocycles. The summed E-state index contributed by atoms with van der Waals surface area (Å²) in [6.45, 7) is 5.58. The molecule has 4 aliphatic carbocycles. The van der Waals surface area contributed by atoms with Gasteiger partial charge in [0.15, 0.2) is 0 Å². The maximum absolute atomic E-state index is 11.0. The summed E-state index contributed by atoms with van der Waals surface area (Å²) in [5.41, 5.74) is -1.81.